The number of fused-ring (bicyclic) bond motifs is 1. The summed E-state index contributed by atoms with van der Waals surface area (Å²) in [7, 11) is 0. The molecular formula is C17H23N5O3S. The maximum absolute atomic E-state index is 12.5. The Labute approximate surface area is 155 Å². The van der Waals surface area contributed by atoms with E-state index < -0.39 is 5.60 Å². The van der Waals surface area contributed by atoms with Crippen LogP contribution in [0, 0.1) is 0 Å². The maximum Gasteiger partial charge on any atom is 0.410 e. The van der Waals surface area contributed by atoms with Gasteiger partial charge < -0.3 is 19.5 Å². The van der Waals surface area contributed by atoms with E-state index in [1.165, 1.54) is 11.8 Å². The molecule has 1 saturated heterocycles. The molecule has 26 heavy (non-hydrogen) atoms. The molecule has 140 valence electrons. The summed E-state index contributed by atoms with van der Waals surface area (Å²) >= 11 is 1.42. The fourth-order valence-electron chi connectivity index (χ4n) is 2.75. The van der Waals surface area contributed by atoms with E-state index in [2.05, 4.69) is 15.0 Å². The van der Waals surface area contributed by atoms with Gasteiger partial charge in [-0.1, -0.05) is 11.8 Å². The fourth-order valence-corrected chi connectivity index (χ4v) is 3.10. The normalized spacial score (nSPS) is 15.4. The second-order valence-corrected chi connectivity index (χ2v) is 7.87. The first-order chi connectivity index (χ1) is 12.3. The highest BCUT2D eigenvalue weighted by Crippen LogP contribution is 2.19. The third-order valence-corrected chi connectivity index (χ3v) is 4.57. The monoisotopic (exact) mass is 377 g/mol. The number of nitrogens with zero attached hydrogens (tertiary/aromatic N) is 4. The van der Waals surface area contributed by atoms with Crippen LogP contribution in [0.25, 0.3) is 11.0 Å². The van der Waals surface area contributed by atoms with Gasteiger partial charge in [-0.05, 0) is 33.1 Å². The smallest absolute Gasteiger partial charge is 0.410 e. The minimum atomic E-state index is -0.515. The molecule has 0 aromatic carbocycles. The lowest BCUT2D eigenvalue weighted by Gasteiger charge is -2.36. The van der Waals surface area contributed by atoms with Crippen LogP contribution in [0.4, 0.5) is 10.5 Å². The lowest BCUT2D eigenvalue weighted by molar-refractivity contribution is 0.0240. The Balaban J connectivity index is 1.74. The van der Waals surface area contributed by atoms with Gasteiger partial charge in [0, 0.05) is 37.8 Å². The highest BCUT2D eigenvalue weighted by atomic mass is 32.2. The van der Waals surface area contributed by atoms with Crippen LogP contribution >= 0.6 is 11.8 Å². The topological polar surface area (TPSA) is 91.4 Å². The largest absolute Gasteiger partial charge is 0.444 e. The molecule has 3 rings (SSSR count). The van der Waals surface area contributed by atoms with Crippen molar-refractivity contribution in [3.8, 4) is 0 Å². The highest BCUT2D eigenvalue weighted by Gasteiger charge is 2.26. The van der Waals surface area contributed by atoms with Gasteiger partial charge in [-0.2, -0.15) is 0 Å². The summed E-state index contributed by atoms with van der Waals surface area (Å²) < 4.78 is 5.40. The van der Waals surface area contributed by atoms with Crippen LogP contribution < -0.4 is 10.5 Å². The first-order valence-electron chi connectivity index (χ1n) is 8.44. The summed E-state index contributed by atoms with van der Waals surface area (Å²) in [6, 6.07) is 1.81. The molecule has 0 bridgehead atoms. The zero-order valence-corrected chi connectivity index (χ0v) is 16.2. The van der Waals surface area contributed by atoms with E-state index in [4.69, 9.17) is 4.74 Å². The molecule has 1 aliphatic heterocycles. The number of ether oxygens (including phenoxy) is 1. The number of hydrogen-bond acceptors (Lipinski definition) is 7. The van der Waals surface area contributed by atoms with Crippen molar-refractivity contribution in [2.45, 2.75) is 31.5 Å². The first-order valence-corrected chi connectivity index (χ1v) is 9.66. The number of rotatable bonds is 2. The molecular weight excluding hydrogens is 354 g/mol. The number of amides is 1. The standard InChI is InChI=1S/C17H23N5O3S/c1-17(2,3)25-16(24)22-7-5-21(6-8-22)12-9-11-10-18-15(26-4)20-13(11)19-14(12)23/h9-10H,5-8H2,1-4H3,(H,18,19,20,23). The number of thioether (sulfide) groups is 1. The molecule has 1 N–H and O–H groups in total. The van der Waals surface area contributed by atoms with Crippen molar-refractivity contribution in [2.75, 3.05) is 37.3 Å². The van der Waals surface area contributed by atoms with Crippen molar-refractivity contribution in [1.29, 1.82) is 0 Å². The molecule has 0 atom stereocenters. The zero-order valence-electron chi connectivity index (χ0n) is 15.4. The Morgan fingerprint density at radius 2 is 1.96 bits per heavy atom. The molecule has 0 spiro atoms. The van der Waals surface area contributed by atoms with Gasteiger partial charge in [0.25, 0.3) is 5.56 Å². The second kappa shape index (κ2) is 7.14. The molecule has 0 unspecified atom stereocenters. The Morgan fingerprint density at radius 1 is 1.27 bits per heavy atom. The van der Waals surface area contributed by atoms with Gasteiger partial charge in [0.2, 0.25) is 0 Å². The van der Waals surface area contributed by atoms with Gasteiger partial charge in [-0.3, -0.25) is 4.79 Å². The summed E-state index contributed by atoms with van der Waals surface area (Å²) in [5, 5.41) is 1.40. The van der Waals surface area contributed by atoms with E-state index in [0.29, 0.717) is 42.7 Å². The molecule has 1 aliphatic rings. The van der Waals surface area contributed by atoms with Gasteiger partial charge in [0.15, 0.2) is 5.16 Å². The molecule has 0 saturated carbocycles. The summed E-state index contributed by atoms with van der Waals surface area (Å²) in [4.78, 5) is 39.7. The number of H-pyrrole nitrogens is 1. The number of anilines is 1. The Bertz CT molecular complexity index is 869. The number of piperazine rings is 1. The second-order valence-electron chi connectivity index (χ2n) is 7.10. The van der Waals surface area contributed by atoms with Crippen molar-refractivity contribution in [3.63, 3.8) is 0 Å². The number of aromatic amines is 1. The van der Waals surface area contributed by atoms with Gasteiger partial charge in [0.05, 0.1) is 0 Å². The molecule has 1 fully saturated rings. The van der Waals surface area contributed by atoms with Gasteiger partial charge in [0.1, 0.15) is 16.9 Å². The minimum Gasteiger partial charge on any atom is -0.444 e. The highest BCUT2D eigenvalue weighted by molar-refractivity contribution is 7.98. The summed E-state index contributed by atoms with van der Waals surface area (Å²) in [6.45, 7) is 7.69. The number of carbonyl (C=O) groups excluding carboxylic acids is 1. The zero-order chi connectivity index (χ0) is 18.9. The maximum atomic E-state index is 12.5. The molecule has 2 aromatic heterocycles. The molecule has 2 aromatic rings. The summed E-state index contributed by atoms with van der Waals surface area (Å²) in [5.41, 5.74) is 0.403. The average molecular weight is 377 g/mol. The fraction of sp³-hybridized carbons (Fsp3) is 0.529. The third kappa shape index (κ3) is 4.09. The van der Waals surface area contributed by atoms with Gasteiger partial charge in [-0.15, -0.1) is 0 Å². The molecule has 1 amide bonds. The molecule has 8 nitrogen and oxygen atoms in total. The number of aromatic nitrogens is 3. The van der Waals surface area contributed by atoms with E-state index in [1.807, 2.05) is 31.9 Å². The predicted octanol–water partition coefficient (Wildman–Crippen LogP) is 2.10. The van der Waals surface area contributed by atoms with Gasteiger partial charge >= 0.3 is 6.09 Å². The van der Waals surface area contributed by atoms with Crippen molar-refractivity contribution in [1.82, 2.24) is 19.9 Å². The van der Waals surface area contributed by atoms with Crippen molar-refractivity contribution in [2.24, 2.45) is 0 Å². The van der Waals surface area contributed by atoms with Crippen molar-refractivity contribution in [3.05, 3.63) is 22.6 Å². The Morgan fingerprint density at radius 3 is 2.58 bits per heavy atom. The van der Waals surface area contributed by atoms with Crippen LogP contribution in [0.5, 0.6) is 0 Å². The SMILES string of the molecule is CSc1ncc2cc(N3CCN(C(=O)OC(C)(C)C)CC3)c(=O)[nH]c2n1. The van der Waals surface area contributed by atoms with Crippen molar-refractivity contribution < 1.29 is 9.53 Å². The van der Waals surface area contributed by atoms with E-state index in [0.717, 1.165) is 5.39 Å². The third-order valence-electron chi connectivity index (χ3n) is 4.01. The molecule has 0 radical (unpaired) electrons. The first kappa shape index (κ1) is 18.5. The molecule has 3 heterocycles. The van der Waals surface area contributed by atoms with Crippen LogP contribution in [0.3, 0.4) is 0 Å². The van der Waals surface area contributed by atoms with E-state index >= 15 is 0 Å². The Kier molecular flexibility index (Phi) is 5.08. The number of pyridine rings is 1. The molecule has 0 aliphatic carbocycles. The van der Waals surface area contributed by atoms with Gasteiger partial charge in [-0.25, -0.2) is 14.8 Å². The summed E-state index contributed by atoms with van der Waals surface area (Å²) in [5.74, 6) is 0. The van der Waals surface area contributed by atoms with Crippen LogP contribution in [0.2, 0.25) is 0 Å². The van der Waals surface area contributed by atoms with Crippen LogP contribution in [0.1, 0.15) is 20.8 Å². The molecule has 9 heteroatoms. The predicted molar refractivity (Wildman–Crippen MR) is 102 cm³/mol. The van der Waals surface area contributed by atoms with Crippen LogP contribution in [0.15, 0.2) is 22.2 Å². The average Bonchev–Trinajstić information content (AvgIpc) is 2.59. The lowest BCUT2D eigenvalue weighted by Crippen LogP contribution is -2.51. The van der Waals surface area contributed by atoms with Crippen LogP contribution in [-0.4, -0.2) is 64.0 Å². The minimum absolute atomic E-state index is 0.186. The van der Waals surface area contributed by atoms with E-state index in [1.54, 1.807) is 17.2 Å². The number of nitrogens with one attached hydrogen (secondary N) is 1. The quantitative estimate of drug-likeness (QED) is 0.633. The van der Waals surface area contributed by atoms with Crippen LogP contribution in [-0.2, 0) is 4.74 Å². The lowest BCUT2D eigenvalue weighted by atomic mass is 10.2. The Hall–Kier alpha value is -2.29. The van der Waals surface area contributed by atoms with Crippen molar-refractivity contribution >= 4 is 34.6 Å². The van der Waals surface area contributed by atoms with E-state index in [9.17, 15) is 9.59 Å². The summed E-state index contributed by atoms with van der Waals surface area (Å²) in [6.07, 6.45) is 3.28. The number of hydrogen-bond donors (Lipinski definition) is 1. The van der Waals surface area contributed by atoms with E-state index in [-0.39, 0.29) is 11.7 Å². The number of carbonyl (C=O) groups is 1.